The third kappa shape index (κ3) is 1.36. The van der Waals surface area contributed by atoms with Crippen LogP contribution in [0.5, 0.6) is 0 Å². The van der Waals surface area contributed by atoms with Gasteiger partial charge in [0.2, 0.25) is 0 Å². The predicted molar refractivity (Wildman–Crippen MR) is 42.6 cm³/mol. The maximum atomic E-state index is 10.6. The van der Waals surface area contributed by atoms with E-state index >= 15 is 0 Å². The third-order valence-corrected chi connectivity index (χ3v) is 3.42. The predicted octanol–water partition coefficient (Wildman–Crippen LogP) is 1.52. The van der Waals surface area contributed by atoms with Crippen molar-refractivity contribution in [2.45, 2.75) is 29.8 Å². The van der Waals surface area contributed by atoms with E-state index in [-0.39, 0.29) is 11.6 Å². The monoisotopic (exact) mass is 240 g/mol. The Morgan fingerprint density at radius 2 is 2.33 bits per heavy atom. The summed E-state index contributed by atoms with van der Waals surface area (Å²) in [6.45, 7) is 3.88. The van der Waals surface area contributed by atoms with Gasteiger partial charge in [-0.3, -0.25) is 4.79 Å². The molecule has 1 aliphatic rings. The molecule has 0 aromatic rings. The number of carbonyl (C=O) groups excluding carboxylic acids is 1. The van der Waals surface area contributed by atoms with Crippen LogP contribution in [0.4, 0.5) is 0 Å². The Labute approximate surface area is 68.1 Å². The van der Waals surface area contributed by atoms with Crippen LogP contribution in [0, 0.1) is 0 Å². The Hall–Kier alpha value is 0.200. The lowest BCUT2D eigenvalue weighted by molar-refractivity contribution is -0.145. The molecule has 9 heavy (non-hydrogen) atoms. The van der Waals surface area contributed by atoms with Crippen molar-refractivity contribution >= 4 is 28.6 Å². The summed E-state index contributed by atoms with van der Waals surface area (Å²) in [7, 11) is 0. The molecule has 2 nitrogen and oxygen atoms in total. The first kappa shape index (κ1) is 7.31. The summed E-state index contributed by atoms with van der Waals surface area (Å²) in [6, 6.07) is 0. The van der Waals surface area contributed by atoms with Crippen molar-refractivity contribution in [1.29, 1.82) is 0 Å². The third-order valence-electron chi connectivity index (χ3n) is 1.48. The molecule has 3 heteroatoms. The average molecular weight is 240 g/mol. The molecule has 52 valence electrons. The molecule has 0 aromatic carbocycles. The van der Waals surface area contributed by atoms with Gasteiger partial charge in [-0.1, -0.05) is 22.6 Å². The highest BCUT2D eigenvalue weighted by molar-refractivity contribution is 14.1. The summed E-state index contributed by atoms with van der Waals surface area (Å²) >= 11 is 2.24. The van der Waals surface area contributed by atoms with Crippen molar-refractivity contribution in [3.63, 3.8) is 0 Å². The van der Waals surface area contributed by atoms with Crippen molar-refractivity contribution in [2.24, 2.45) is 0 Å². The minimum absolute atomic E-state index is 0.0700. The van der Waals surface area contributed by atoms with Gasteiger partial charge in [0.1, 0.15) is 5.60 Å². The van der Waals surface area contributed by atoms with E-state index in [4.69, 9.17) is 4.74 Å². The summed E-state index contributed by atoms with van der Waals surface area (Å²) in [4.78, 5) is 10.6. The number of ether oxygens (including phenoxy) is 1. The maximum Gasteiger partial charge on any atom is 0.307 e. The van der Waals surface area contributed by atoms with Gasteiger partial charge in [-0.15, -0.1) is 0 Å². The molecule has 0 saturated carbocycles. The summed E-state index contributed by atoms with van der Waals surface area (Å²) in [5, 5.41) is 0. The first-order valence-corrected chi connectivity index (χ1v) is 4.13. The molecule has 0 spiro atoms. The molecular formula is C6H9IO2. The van der Waals surface area contributed by atoms with E-state index in [2.05, 4.69) is 22.6 Å². The van der Waals surface area contributed by atoms with Gasteiger partial charge in [0, 0.05) is 0 Å². The van der Waals surface area contributed by atoms with Crippen LogP contribution in [-0.4, -0.2) is 15.5 Å². The van der Waals surface area contributed by atoms with Gasteiger partial charge >= 0.3 is 5.97 Å². The van der Waals surface area contributed by atoms with Gasteiger partial charge in [-0.2, -0.15) is 0 Å². The normalized spacial score (nSPS) is 32.3. The molecule has 0 amide bonds. The fourth-order valence-electron chi connectivity index (χ4n) is 0.791. The van der Waals surface area contributed by atoms with Crippen molar-refractivity contribution in [3.8, 4) is 0 Å². The molecule has 0 bridgehead atoms. The van der Waals surface area contributed by atoms with Crippen LogP contribution in [0.1, 0.15) is 20.3 Å². The molecule has 1 fully saturated rings. The number of alkyl halides is 1. The number of cyclic esters (lactones) is 1. The van der Waals surface area contributed by atoms with Crippen molar-refractivity contribution < 1.29 is 9.53 Å². The lowest BCUT2D eigenvalue weighted by Gasteiger charge is -2.19. The second kappa shape index (κ2) is 2.11. The minimum atomic E-state index is -0.238. The standard InChI is InChI=1S/C6H9IO2/c1-6(2)4(7)3-5(8)9-6/h4H,3H2,1-2H3. The van der Waals surface area contributed by atoms with Gasteiger partial charge < -0.3 is 4.74 Å². The molecular weight excluding hydrogens is 231 g/mol. The number of hydrogen-bond donors (Lipinski definition) is 0. The Morgan fingerprint density at radius 3 is 2.44 bits per heavy atom. The zero-order chi connectivity index (χ0) is 7.07. The fourth-order valence-corrected chi connectivity index (χ4v) is 1.28. The molecule has 1 atom stereocenters. The van der Waals surface area contributed by atoms with Crippen molar-refractivity contribution in [2.75, 3.05) is 0 Å². The summed E-state index contributed by atoms with van der Waals surface area (Å²) in [6.07, 6.45) is 0.563. The molecule has 0 N–H and O–H groups in total. The Morgan fingerprint density at radius 1 is 1.78 bits per heavy atom. The van der Waals surface area contributed by atoms with Crippen molar-refractivity contribution in [1.82, 2.24) is 0 Å². The highest BCUT2D eigenvalue weighted by Crippen LogP contribution is 2.31. The zero-order valence-electron chi connectivity index (χ0n) is 5.48. The fraction of sp³-hybridized carbons (Fsp3) is 0.833. The number of esters is 1. The minimum Gasteiger partial charge on any atom is -0.458 e. The van der Waals surface area contributed by atoms with E-state index in [1.165, 1.54) is 0 Å². The first-order chi connectivity index (χ1) is 4.02. The molecule has 1 saturated heterocycles. The smallest absolute Gasteiger partial charge is 0.307 e. The van der Waals surface area contributed by atoms with Gasteiger partial charge in [0.25, 0.3) is 0 Å². The maximum absolute atomic E-state index is 10.6. The van der Waals surface area contributed by atoms with E-state index in [1.807, 2.05) is 13.8 Å². The quantitative estimate of drug-likeness (QED) is 0.364. The first-order valence-electron chi connectivity index (χ1n) is 2.88. The molecule has 1 heterocycles. The lowest BCUT2D eigenvalue weighted by Crippen LogP contribution is -2.27. The van der Waals surface area contributed by atoms with Gasteiger partial charge in [0.15, 0.2) is 0 Å². The van der Waals surface area contributed by atoms with Crippen LogP contribution in [0.3, 0.4) is 0 Å². The van der Waals surface area contributed by atoms with E-state index in [0.29, 0.717) is 10.3 Å². The van der Waals surface area contributed by atoms with Crippen LogP contribution in [-0.2, 0) is 9.53 Å². The Kier molecular flexibility index (Phi) is 1.71. The SMILES string of the molecule is CC1(C)OC(=O)CC1I. The molecule has 1 unspecified atom stereocenters. The molecule has 1 aliphatic heterocycles. The van der Waals surface area contributed by atoms with Crippen LogP contribution < -0.4 is 0 Å². The second-order valence-electron chi connectivity index (χ2n) is 2.75. The van der Waals surface area contributed by atoms with E-state index < -0.39 is 0 Å². The van der Waals surface area contributed by atoms with Gasteiger partial charge in [-0.25, -0.2) is 0 Å². The number of carbonyl (C=O) groups is 1. The number of hydrogen-bond acceptors (Lipinski definition) is 2. The van der Waals surface area contributed by atoms with Crippen LogP contribution >= 0.6 is 22.6 Å². The van der Waals surface area contributed by atoms with Gasteiger partial charge in [0.05, 0.1) is 10.3 Å². The van der Waals surface area contributed by atoms with E-state index in [0.717, 1.165) is 0 Å². The number of halogens is 1. The highest BCUT2D eigenvalue weighted by Gasteiger charge is 2.39. The van der Waals surface area contributed by atoms with Crippen LogP contribution in [0.25, 0.3) is 0 Å². The Balaban J connectivity index is 2.69. The van der Waals surface area contributed by atoms with Crippen LogP contribution in [0.2, 0.25) is 0 Å². The molecule has 0 aliphatic carbocycles. The highest BCUT2D eigenvalue weighted by atomic mass is 127. The molecule has 1 rings (SSSR count). The summed E-state index contributed by atoms with van der Waals surface area (Å²) in [5.74, 6) is -0.0700. The summed E-state index contributed by atoms with van der Waals surface area (Å²) < 4.78 is 5.35. The second-order valence-corrected chi connectivity index (χ2v) is 4.25. The number of rotatable bonds is 0. The van der Waals surface area contributed by atoms with Gasteiger partial charge in [-0.05, 0) is 13.8 Å². The molecule has 0 aromatic heterocycles. The Bertz CT molecular complexity index is 142. The van der Waals surface area contributed by atoms with E-state index in [1.54, 1.807) is 0 Å². The summed E-state index contributed by atoms with van der Waals surface area (Å²) in [5.41, 5.74) is -0.238. The largest absolute Gasteiger partial charge is 0.458 e. The zero-order valence-corrected chi connectivity index (χ0v) is 7.64. The average Bonchev–Trinajstić information content (AvgIpc) is 1.79. The lowest BCUT2D eigenvalue weighted by atomic mass is 10.1. The van der Waals surface area contributed by atoms with Crippen molar-refractivity contribution in [3.05, 3.63) is 0 Å². The topological polar surface area (TPSA) is 26.3 Å². The molecule has 0 radical (unpaired) electrons. The van der Waals surface area contributed by atoms with Crippen LogP contribution in [0.15, 0.2) is 0 Å². The van der Waals surface area contributed by atoms with E-state index in [9.17, 15) is 4.79 Å².